The van der Waals surface area contributed by atoms with Crippen LogP contribution in [0.1, 0.15) is 18.7 Å². The van der Waals surface area contributed by atoms with Crippen molar-refractivity contribution in [1.82, 2.24) is 4.98 Å². The van der Waals surface area contributed by atoms with E-state index in [2.05, 4.69) is 10.3 Å². The third-order valence-electron chi connectivity index (χ3n) is 2.42. The van der Waals surface area contributed by atoms with E-state index in [9.17, 15) is 9.50 Å². The number of hydrogen-bond acceptors (Lipinski definition) is 3. The number of aromatic nitrogens is 1. The van der Waals surface area contributed by atoms with E-state index in [1.807, 2.05) is 13.0 Å². The van der Waals surface area contributed by atoms with E-state index in [0.29, 0.717) is 0 Å². The highest BCUT2D eigenvalue weighted by Gasteiger charge is 2.06. The molecule has 0 aliphatic heterocycles. The van der Waals surface area contributed by atoms with Crippen molar-refractivity contribution < 1.29 is 9.50 Å². The van der Waals surface area contributed by atoms with Crippen LogP contribution in [-0.4, -0.2) is 10.1 Å². The Bertz CT molecular complexity index is 499. The number of anilines is 1. The molecule has 1 atom stereocenters. The summed E-state index contributed by atoms with van der Waals surface area (Å²) in [6.45, 7) is 1.92. The Kier molecular flexibility index (Phi) is 3.23. The highest BCUT2D eigenvalue weighted by atomic mass is 19.1. The fraction of sp³-hybridized carbons (Fsp3) is 0.154. The monoisotopic (exact) mass is 232 g/mol. The molecular formula is C13H13FN2O. The Labute approximate surface area is 98.9 Å². The van der Waals surface area contributed by atoms with Gasteiger partial charge in [-0.2, -0.15) is 0 Å². The summed E-state index contributed by atoms with van der Waals surface area (Å²) in [6.07, 6.45) is 1.19. The standard InChI is InChI=1S/C13H13FN2O/c1-9(13-6-5-10(14)8-15-13)16-11-3-2-4-12(17)7-11/h2-9,16-17H,1H3. The van der Waals surface area contributed by atoms with Crippen LogP contribution in [0.3, 0.4) is 0 Å². The summed E-state index contributed by atoms with van der Waals surface area (Å²) in [5, 5.41) is 12.5. The van der Waals surface area contributed by atoms with Gasteiger partial charge < -0.3 is 10.4 Å². The zero-order valence-corrected chi connectivity index (χ0v) is 9.39. The Balaban J connectivity index is 2.11. The zero-order chi connectivity index (χ0) is 12.3. The maximum absolute atomic E-state index is 12.7. The number of halogens is 1. The van der Waals surface area contributed by atoms with Crippen molar-refractivity contribution in [2.45, 2.75) is 13.0 Å². The maximum atomic E-state index is 12.7. The second-order valence-electron chi connectivity index (χ2n) is 3.82. The van der Waals surface area contributed by atoms with Gasteiger partial charge in [0, 0.05) is 11.8 Å². The van der Waals surface area contributed by atoms with Gasteiger partial charge in [-0.25, -0.2) is 4.39 Å². The fourth-order valence-electron chi connectivity index (χ4n) is 1.56. The first kappa shape index (κ1) is 11.4. The molecule has 1 aromatic carbocycles. The van der Waals surface area contributed by atoms with Crippen LogP contribution in [0.4, 0.5) is 10.1 Å². The van der Waals surface area contributed by atoms with Gasteiger partial charge in [-0.3, -0.25) is 4.98 Å². The van der Waals surface area contributed by atoms with E-state index in [4.69, 9.17) is 0 Å². The van der Waals surface area contributed by atoms with Gasteiger partial charge in [-0.15, -0.1) is 0 Å². The SMILES string of the molecule is CC(Nc1cccc(O)c1)c1ccc(F)cn1. The molecule has 0 spiro atoms. The highest BCUT2D eigenvalue weighted by molar-refractivity contribution is 5.48. The lowest BCUT2D eigenvalue weighted by Crippen LogP contribution is -2.08. The van der Waals surface area contributed by atoms with Gasteiger partial charge in [0.2, 0.25) is 0 Å². The summed E-state index contributed by atoms with van der Waals surface area (Å²) in [6, 6.07) is 9.78. The minimum absolute atomic E-state index is 0.0580. The van der Waals surface area contributed by atoms with Crippen molar-refractivity contribution in [2.24, 2.45) is 0 Å². The van der Waals surface area contributed by atoms with Crippen LogP contribution in [0.25, 0.3) is 0 Å². The van der Waals surface area contributed by atoms with Gasteiger partial charge in [0.15, 0.2) is 0 Å². The van der Waals surface area contributed by atoms with Crippen molar-refractivity contribution in [3.63, 3.8) is 0 Å². The van der Waals surface area contributed by atoms with Gasteiger partial charge in [0.1, 0.15) is 11.6 Å². The molecule has 0 aliphatic carbocycles. The molecule has 0 fully saturated rings. The molecule has 0 aliphatic rings. The number of phenolic OH excluding ortho intramolecular Hbond substituents is 1. The fourth-order valence-corrected chi connectivity index (χ4v) is 1.56. The number of pyridine rings is 1. The van der Waals surface area contributed by atoms with Gasteiger partial charge in [-0.05, 0) is 31.2 Å². The van der Waals surface area contributed by atoms with E-state index in [1.54, 1.807) is 24.3 Å². The average Bonchev–Trinajstić information content (AvgIpc) is 2.29. The number of hydrogen-bond donors (Lipinski definition) is 2. The Morgan fingerprint density at radius 2 is 2.12 bits per heavy atom. The Morgan fingerprint density at radius 1 is 1.29 bits per heavy atom. The van der Waals surface area contributed by atoms with Gasteiger partial charge in [0.05, 0.1) is 17.9 Å². The predicted octanol–water partition coefficient (Wildman–Crippen LogP) is 3.10. The molecule has 0 bridgehead atoms. The van der Waals surface area contributed by atoms with Gasteiger partial charge in [0.25, 0.3) is 0 Å². The summed E-state index contributed by atoms with van der Waals surface area (Å²) in [5.41, 5.74) is 1.54. The van der Waals surface area contributed by atoms with Crippen LogP contribution >= 0.6 is 0 Å². The van der Waals surface area contributed by atoms with Crippen molar-refractivity contribution in [3.8, 4) is 5.75 Å². The van der Waals surface area contributed by atoms with Crippen LogP contribution in [-0.2, 0) is 0 Å². The minimum atomic E-state index is -0.349. The Morgan fingerprint density at radius 3 is 2.76 bits per heavy atom. The number of phenols is 1. The summed E-state index contributed by atoms with van der Waals surface area (Å²) in [7, 11) is 0. The molecule has 0 radical (unpaired) electrons. The van der Waals surface area contributed by atoms with Crippen LogP contribution in [0, 0.1) is 5.82 Å². The van der Waals surface area contributed by atoms with E-state index < -0.39 is 0 Å². The summed E-state index contributed by atoms with van der Waals surface area (Å²) in [4.78, 5) is 4.00. The van der Waals surface area contributed by atoms with Gasteiger partial charge >= 0.3 is 0 Å². The van der Waals surface area contributed by atoms with Crippen LogP contribution in [0.2, 0.25) is 0 Å². The zero-order valence-electron chi connectivity index (χ0n) is 9.39. The predicted molar refractivity (Wildman–Crippen MR) is 64.3 cm³/mol. The molecule has 1 unspecified atom stereocenters. The number of nitrogens with one attached hydrogen (secondary N) is 1. The molecule has 2 N–H and O–H groups in total. The minimum Gasteiger partial charge on any atom is -0.508 e. The van der Waals surface area contributed by atoms with Gasteiger partial charge in [-0.1, -0.05) is 6.07 Å². The van der Waals surface area contributed by atoms with E-state index in [1.165, 1.54) is 12.3 Å². The molecule has 0 saturated carbocycles. The van der Waals surface area contributed by atoms with E-state index in [0.717, 1.165) is 11.4 Å². The molecule has 4 heteroatoms. The van der Waals surface area contributed by atoms with Crippen LogP contribution in [0.15, 0.2) is 42.6 Å². The summed E-state index contributed by atoms with van der Waals surface area (Å²) in [5.74, 6) is -0.146. The van der Waals surface area contributed by atoms with Crippen molar-refractivity contribution in [3.05, 3.63) is 54.1 Å². The molecule has 1 heterocycles. The number of aromatic hydroxyl groups is 1. The summed E-state index contributed by atoms with van der Waals surface area (Å²) >= 11 is 0. The maximum Gasteiger partial charge on any atom is 0.141 e. The number of rotatable bonds is 3. The lowest BCUT2D eigenvalue weighted by atomic mass is 10.2. The second kappa shape index (κ2) is 4.82. The molecular weight excluding hydrogens is 219 g/mol. The van der Waals surface area contributed by atoms with E-state index >= 15 is 0 Å². The quantitative estimate of drug-likeness (QED) is 0.854. The topological polar surface area (TPSA) is 45.1 Å². The third kappa shape index (κ3) is 2.93. The first-order chi connectivity index (χ1) is 8.15. The third-order valence-corrected chi connectivity index (χ3v) is 2.42. The first-order valence-corrected chi connectivity index (χ1v) is 5.32. The largest absolute Gasteiger partial charge is 0.508 e. The van der Waals surface area contributed by atoms with E-state index in [-0.39, 0.29) is 17.6 Å². The molecule has 0 amide bonds. The summed E-state index contributed by atoms with van der Waals surface area (Å²) < 4.78 is 12.7. The molecule has 88 valence electrons. The highest BCUT2D eigenvalue weighted by Crippen LogP contribution is 2.20. The first-order valence-electron chi connectivity index (χ1n) is 5.32. The molecule has 3 nitrogen and oxygen atoms in total. The smallest absolute Gasteiger partial charge is 0.141 e. The van der Waals surface area contributed by atoms with Crippen molar-refractivity contribution in [1.29, 1.82) is 0 Å². The van der Waals surface area contributed by atoms with Crippen LogP contribution < -0.4 is 5.32 Å². The van der Waals surface area contributed by atoms with Crippen molar-refractivity contribution in [2.75, 3.05) is 5.32 Å². The number of nitrogens with zero attached hydrogens (tertiary/aromatic N) is 1. The number of benzene rings is 1. The molecule has 0 saturated heterocycles. The van der Waals surface area contributed by atoms with Crippen molar-refractivity contribution >= 4 is 5.69 Å². The second-order valence-corrected chi connectivity index (χ2v) is 3.82. The lowest BCUT2D eigenvalue weighted by molar-refractivity contribution is 0.475. The Hall–Kier alpha value is -2.10. The molecule has 1 aromatic heterocycles. The molecule has 17 heavy (non-hydrogen) atoms. The van der Waals surface area contributed by atoms with Crippen LogP contribution in [0.5, 0.6) is 5.75 Å². The molecule has 2 aromatic rings. The molecule has 2 rings (SSSR count). The normalized spacial score (nSPS) is 12.1. The average molecular weight is 232 g/mol. The lowest BCUT2D eigenvalue weighted by Gasteiger charge is -2.14.